The van der Waals surface area contributed by atoms with E-state index in [1.165, 1.54) is 25.7 Å². The van der Waals surface area contributed by atoms with E-state index in [0.717, 1.165) is 23.5 Å². The van der Waals surface area contributed by atoms with Crippen molar-refractivity contribution in [3.63, 3.8) is 0 Å². The summed E-state index contributed by atoms with van der Waals surface area (Å²) in [5.74, 6) is 2.86. The van der Waals surface area contributed by atoms with Gasteiger partial charge in [0.1, 0.15) is 6.04 Å². The van der Waals surface area contributed by atoms with E-state index in [-0.39, 0.29) is 4.75 Å². The zero-order valence-corrected chi connectivity index (χ0v) is 11.5. The second kappa shape index (κ2) is 4.81. The monoisotopic (exact) mass is 257 g/mol. The number of carboxylic acids is 1. The van der Waals surface area contributed by atoms with Crippen LogP contribution in [0.4, 0.5) is 0 Å². The number of nitrogens with two attached hydrogens (primary N) is 1. The van der Waals surface area contributed by atoms with Gasteiger partial charge in [-0.2, -0.15) is 11.8 Å². The molecule has 3 N–H and O–H groups in total. The molecule has 3 unspecified atom stereocenters. The summed E-state index contributed by atoms with van der Waals surface area (Å²) in [6.45, 7) is 3.90. The molecule has 3 nitrogen and oxygen atoms in total. The molecule has 0 aromatic heterocycles. The number of carbonyl (C=O) groups is 1. The topological polar surface area (TPSA) is 63.3 Å². The summed E-state index contributed by atoms with van der Waals surface area (Å²) in [5, 5.41) is 8.98. The van der Waals surface area contributed by atoms with Crippen LogP contribution in [0.3, 0.4) is 0 Å². The molecule has 0 aromatic rings. The number of rotatable bonds is 5. The number of hydrogen-bond donors (Lipinski definition) is 2. The van der Waals surface area contributed by atoms with Crippen LogP contribution in [0.5, 0.6) is 0 Å². The van der Waals surface area contributed by atoms with Gasteiger partial charge >= 0.3 is 5.97 Å². The number of thioether (sulfide) groups is 1. The smallest absolute Gasteiger partial charge is 0.321 e. The van der Waals surface area contributed by atoms with E-state index in [2.05, 4.69) is 0 Å². The molecule has 0 aliphatic heterocycles. The van der Waals surface area contributed by atoms with E-state index in [4.69, 9.17) is 10.8 Å². The van der Waals surface area contributed by atoms with Gasteiger partial charge in [-0.25, -0.2) is 0 Å². The Morgan fingerprint density at radius 1 is 1.47 bits per heavy atom. The fourth-order valence-corrected chi connectivity index (χ4v) is 4.62. The molecule has 0 amide bonds. The van der Waals surface area contributed by atoms with Gasteiger partial charge in [0, 0.05) is 4.75 Å². The van der Waals surface area contributed by atoms with E-state index >= 15 is 0 Å². The van der Waals surface area contributed by atoms with E-state index < -0.39 is 12.0 Å². The maximum absolute atomic E-state index is 10.9. The Morgan fingerprint density at radius 2 is 2.18 bits per heavy atom. The second-order valence-electron chi connectivity index (χ2n) is 6.17. The van der Waals surface area contributed by atoms with Crippen LogP contribution in [0, 0.1) is 17.8 Å². The summed E-state index contributed by atoms with van der Waals surface area (Å²) in [7, 11) is 0. The molecule has 0 aromatic carbocycles. The summed E-state index contributed by atoms with van der Waals surface area (Å²) in [4.78, 5) is 10.9. The van der Waals surface area contributed by atoms with Gasteiger partial charge in [-0.15, -0.1) is 0 Å². The lowest BCUT2D eigenvalue weighted by atomic mass is 9.90. The number of hydrogen-bond acceptors (Lipinski definition) is 3. The predicted molar refractivity (Wildman–Crippen MR) is 71.1 cm³/mol. The van der Waals surface area contributed by atoms with Gasteiger partial charge in [0.05, 0.1) is 0 Å². The van der Waals surface area contributed by atoms with Crippen molar-refractivity contribution in [3.05, 3.63) is 0 Å². The molecule has 2 aliphatic rings. The average Bonchev–Trinajstić information content (AvgIpc) is 2.86. The third-order valence-electron chi connectivity index (χ3n) is 4.57. The molecule has 2 rings (SSSR count). The first-order valence-electron chi connectivity index (χ1n) is 6.52. The molecule has 2 saturated carbocycles. The Kier molecular flexibility index (Phi) is 3.74. The van der Waals surface area contributed by atoms with Crippen LogP contribution in [0.15, 0.2) is 0 Å². The molecule has 0 spiro atoms. The van der Waals surface area contributed by atoms with Crippen molar-refractivity contribution in [1.29, 1.82) is 0 Å². The molecular formula is C13H23NO2S. The van der Waals surface area contributed by atoms with Gasteiger partial charge in [-0.05, 0) is 56.6 Å². The predicted octanol–water partition coefficient (Wildman–Crippen LogP) is 2.35. The zero-order chi connectivity index (χ0) is 12.6. The highest BCUT2D eigenvalue weighted by molar-refractivity contribution is 8.00. The van der Waals surface area contributed by atoms with E-state index in [1.807, 2.05) is 13.8 Å². The van der Waals surface area contributed by atoms with Crippen LogP contribution in [0.25, 0.3) is 0 Å². The van der Waals surface area contributed by atoms with Gasteiger partial charge in [0.15, 0.2) is 0 Å². The maximum Gasteiger partial charge on any atom is 0.321 e. The molecule has 2 fully saturated rings. The van der Waals surface area contributed by atoms with Crippen LogP contribution in [-0.2, 0) is 4.79 Å². The zero-order valence-electron chi connectivity index (χ0n) is 10.7. The molecular weight excluding hydrogens is 234 g/mol. The summed E-state index contributed by atoms with van der Waals surface area (Å²) >= 11 is 1.75. The first-order valence-corrected chi connectivity index (χ1v) is 7.51. The van der Waals surface area contributed by atoms with Gasteiger partial charge in [0.2, 0.25) is 0 Å². The van der Waals surface area contributed by atoms with Crippen molar-refractivity contribution in [3.8, 4) is 0 Å². The molecule has 4 atom stereocenters. The van der Waals surface area contributed by atoms with Crippen molar-refractivity contribution in [1.82, 2.24) is 0 Å². The lowest BCUT2D eigenvalue weighted by molar-refractivity contribution is -0.139. The normalized spacial score (nSPS) is 33.9. The average molecular weight is 257 g/mol. The van der Waals surface area contributed by atoms with Gasteiger partial charge in [-0.1, -0.05) is 6.42 Å². The fourth-order valence-electron chi connectivity index (χ4n) is 3.29. The quantitative estimate of drug-likeness (QED) is 0.793. The molecule has 4 heteroatoms. The van der Waals surface area contributed by atoms with Crippen molar-refractivity contribution in [2.75, 3.05) is 5.75 Å². The molecule has 2 aliphatic carbocycles. The highest BCUT2D eigenvalue weighted by Gasteiger charge is 2.41. The Morgan fingerprint density at radius 3 is 2.65 bits per heavy atom. The third kappa shape index (κ3) is 2.79. The Bertz CT molecular complexity index is 306. The summed E-state index contributed by atoms with van der Waals surface area (Å²) < 4.78 is -0.367. The second-order valence-corrected chi connectivity index (χ2v) is 7.84. The Balaban J connectivity index is 1.83. The first kappa shape index (κ1) is 13.2. The molecule has 2 bridgehead atoms. The van der Waals surface area contributed by atoms with E-state index in [0.29, 0.717) is 0 Å². The van der Waals surface area contributed by atoms with E-state index in [1.54, 1.807) is 11.8 Å². The van der Waals surface area contributed by atoms with Crippen LogP contribution >= 0.6 is 11.8 Å². The van der Waals surface area contributed by atoms with Crippen molar-refractivity contribution in [2.45, 2.75) is 50.3 Å². The Labute approximate surface area is 108 Å². The van der Waals surface area contributed by atoms with Gasteiger partial charge in [-0.3, -0.25) is 4.79 Å². The number of aliphatic carboxylic acids is 1. The van der Waals surface area contributed by atoms with Crippen LogP contribution in [0.2, 0.25) is 0 Å². The minimum Gasteiger partial charge on any atom is -0.480 e. The van der Waals surface area contributed by atoms with Gasteiger partial charge in [0.25, 0.3) is 0 Å². The molecule has 0 saturated heterocycles. The molecule has 0 heterocycles. The highest BCUT2D eigenvalue weighted by Crippen LogP contribution is 2.50. The standard InChI is InChI=1S/C13H23NO2S/c1-13(2,11(14)12(15)16)17-7-10-6-8-3-4-9(10)5-8/h8-11H,3-7,14H2,1-2H3,(H,15,16)/t8?,9?,10?,11-/m0/s1. The van der Waals surface area contributed by atoms with Crippen LogP contribution < -0.4 is 5.73 Å². The number of fused-ring (bicyclic) bond motifs is 2. The van der Waals surface area contributed by atoms with Crippen molar-refractivity contribution >= 4 is 17.7 Å². The summed E-state index contributed by atoms with van der Waals surface area (Å²) in [6, 6.07) is -0.772. The van der Waals surface area contributed by atoms with Crippen molar-refractivity contribution in [2.24, 2.45) is 23.5 Å². The molecule has 98 valence electrons. The fraction of sp³-hybridized carbons (Fsp3) is 0.923. The first-order chi connectivity index (χ1) is 7.90. The SMILES string of the molecule is CC(C)(SCC1CC2CCC1C2)[C@@H](N)C(=O)O. The highest BCUT2D eigenvalue weighted by atomic mass is 32.2. The third-order valence-corrected chi connectivity index (χ3v) is 6.16. The maximum atomic E-state index is 10.9. The lowest BCUT2D eigenvalue weighted by Crippen LogP contribution is -2.47. The van der Waals surface area contributed by atoms with Crippen molar-refractivity contribution < 1.29 is 9.90 Å². The largest absolute Gasteiger partial charge is 0.480 e. The van der Waals surface area contributed by atoms with Crippen LogP contribution in [-0.4, -0.2) is 27.6 Å². The van der Waals surface area contributed by atoms with Crippen LogP contribution in [0.1, 0.15) is 39.5 Å². The number of carboxylic acid groups (broad SMARTS) is 1. The minimum absolute atomic E-state index is 0.367. The summed E-state index contributed by atoms with van der Waals surface area (Å²) in [5.41, 5.74) is 5.73. The Hall–Kier alpha value is -0.220. The van der Waals surface area contributed by atoms with Gasteiger partial charge < -0.3 is 10.8 Å². The summed E-state index contributed by atoms with van der Waals surface area (Å²) in [6.07, 6.45) is 5.58. The molecule has 0 radical (unpaired) electrons. The minimum atomic E-state index is -0.893. The molecule has 17 heavy (non-hydrogen) atoms. The lowest BCUT2D eigenvalue weighted by Gasteiger charge is -2.31. The van der Waals surface area contributed by atoms with E-state index in [9.17, 15) is 4.79 Å².